The Hall–Kier alpha value is -2.99. The summed E-state index contributed by atoms with van der Waals surface area (Å²) in [4.78, 5) is 12.4. The van der Waals surface area contributed by atoms with Crippen molar-refractivity contribution in [2.75, 3.05) is 6.61 Å². The van der Waals surface area contributed by atoms with Gasteiger partial charge < -0.3 is 20.7 Å². The SMILES string of the molecule is CC(O)CC(N)(CCOc1ccc(C(=O)c2ccccc2)cc1)CC(C)O.Cc1ccccc1. The third-order valence-electron chi connectivity index (χ3n) is 5.37. The van der Waals surface area contributed by atoms with E-state index in [9.17, 15) is 15.0 Å². The third-order valence-corrected chi connectivity index (χ3v) is 5.37. The average molecular weight is 464 g/mol. The Kier molecular flexibility index (Phi) is 10.9. The number of nitrogens with two attached hydrogens (primary N) is 1. The molecule has 0 aromatic heterocycles. The number of aryl methyl sites for hydroxylation is 1. The van der Waals surface area contributed by atoms with Crippen molar-refractivity contribution in [1.82, 2.24) is 0 Å². The molecule has 0 spiro atoms. The van der Waals surface area contributed by atoms with Gasteiger partial charge in [0.25, 0.3) is 0 Å². The van der Waals surface area contributed by atoms with Crippen LogP contribution in [0.1, 0.15) is 54.6 Å². The van der Waals surface area contributed by atoms with E-state index < -0.39 is 17.7 Å². The fraction of sp³-hybridized carbons (Fsp3) is 0.345. The first kappa shape index (κ1) is 27.3. The molecule has 0 fully saturated rings. The van der Waals surface area contributed by atoms with E-state index >= 15 is 0 Å². The lowest BCUT2D eigenvalue weighted by atomic mass is 9.85. The molecule has 3 aromatic rings. The number of aliphatic hydroxyl groups is 2. The highest BCUT2D eigenvalue weighted by Gasteiger charge is 2.28. The van der Waals surface area contributed by atoms with E-state index in [4.69, 9.17) is 10.5 Å². The van der Waals surface area contributed by atoms with Gasteiger partial charge in [-0.1, -0.05) is 66.2 Å². The largest absolute Gasteiger partial charge is 0.494 e. The van der Waals surface area contributed by atoms with Crippen molar-refractivity contribution in [3.05, 3.63) is 102 Å². The van der Waals surface area contributed by atoms with Crippen LogP contribution in [-0.2, 0) is 0 Å². The van der Waals surface area contributed by atoms with Gasteiger partial charge in [-0.15, -0.1) is 0 Å². The summed E-state index contributed by atoms with van der Waals surface area (Å²) in [6, 6.07) is 26.4. The number of ether oxygens (including phenoxy) is 1. The van der Waals surface area contributed by atoms with Crippen molar-refractivity contribution in [1.29, 1.82) is 0 Å². The maximum Gasteiger partial charge on any atom is 0.193 e. The van der Waals surface area contributed by atoms with E-state index in [0.29, 0.717) is 42.7 Å². The molecule has 5 nitrogen and oxygen atoms in total. The molecule has 0 aliphatic heterocycles. The number of hydrogen-bond acceptors (Lipinski definition) is 5. The zero-order valence-corrected chi connectivity index (χ0v) is 20.4. The molecule has 2 atom stereocenters. The highest BCUT2D eigenvalue weighted by atomic mass is 16.5. The Labute approximate surface area is 203 Å². The highest BCUT2D eigenvalue weighted by Crippen LogP contribution is 2.22. The number of carbonyl (C=O) groups is 1. The summed E-state index contributed by atoms with van der Waals surface area (Å²) in [5, 5.41) is 19.3. The standard InChI is InChI=1S/C22H29NO4.C7H8/c1-16(24)14-22(23,15-17(2)25)12-13-27-20-10-8-19(9-11-20)21(26)18-6-4-3-5-7-18;1-7-5-3-2-4-6-7/h3-11,16-17,24-25H,12-15,23H2,1-2H3;2-6H,1H3. The smallest absolute Gasteiger partial charge is 0.193 e. The van der Waals surface area contributed by atoms with Crippen molar-refractivity contribution in [2.45, 2.75) is 57.8 Å². The minimum absolute atomic E-state index is 0.0306. The van der Waals surface area contributed by atoms with Crippen molar-refractivity contribution < 1.29 is 19.7 Å². The molecular formula is C29H37NO4. The van der Waals surface area contributed by atoms with Gasteiger partial charge in [0.1, 0.15) is 5.75 Å². The predicted molar refractivity (Wildman–Crippen MR) is 137 cm³/mol. The fourth-order valence-electron chi connectivity index (χ4n) is 3.83. The summed E-state index contributed by atoms with van der Waals surface area (Å²) in [6.07, 6.45) is 0.208. The van der Waals surface area contributed by atoms with Gasteiger partial charge in [0.05, 0.1) is 18.8 Å². The Morgan fingerprint density at radius 3 is 1.74 bits per heavy atom. The van der Waals surface area contributed by atoms with Crippen LogP contribution in [0, 0.1) is 6.92 Å². The van der Waals surface area contributed by atoms with Crippen LogP contribution in [0.2, 0.25) is 0 Å². The summed E-state index contributed by atoms with van der Waals surface area (Å²) in [5.74, 6) is 0.619. The third kappa shape index (κ3) is 9.87. The van der Waals surface area contributed by atoms with Crippen molar-refractivity contribution in [3.63, 3.8) is 0 Å². The summed E-state index contributed by atoms with van der Waals surface area (Å²) in [7, 11) is 0. The Morgan fingerprint density at radius 2 is 1.29 bits per heavy atom. The van der Waals surface area contributed by atoms with Crippen LogP contribution in [-0.4, -0.2) is 40.4 Å². The van der Waals surface area contributed by atoms with Crippen LogP contribution < -0.4 is 10.5 Å². The number of ketones is 1. The second kappa shape index (κ2) is 13.7. The average Bonchev–Trinajstić information content (AvgIpc) is 2.79. The lowest BCUT2D eigenvalue weighted by Gasteiger charge is -2.32. The van der Waals surface area contributed by atoms with Gasteiger partial charge in [-0.2, -0.15) is 0 Å². The number of hydrogen-bond donors (Lipinski definition) is 3. The van der Waals surface area contributed by atoms with Gasteiger partial charge in [-0.05, 0) is 64.3 Å². The molecule has 4 N–H and O–H groups in total. The predicted octanol–water partition coefficient (Wildman–Crippen LogP) is 4.92. The van der Waals surface area contributed by atoms with Gasteiger partial charge in [-0.25, -0.2) is 0 Å². The van der Waals surface area contributed by atoms with E-state index in [1.165, 1.54) is 5.56 Å². The molecule has 5 heteroatoms. The fourth-order valence-corrected chi connectivity index (χ4v) is 3.83. The van der Waals surface area contributed by atoms with Gasteiger partial charge in [-0.3, -0.25) is 4.79 Å². The molecule has 0 saturated carbocycles. The minimum atomic E-state index is -0.689. The van der Waals surface area contributed by atoms with Crippen molar-refractivity contribution in [2.24, 2.45) is 5.73 Å². The van der Waals surface area contributed by atoms with Crippen LogP contribution in [0.15, 0.2) is 84.9 Å². The zero-order valence-electron chi connectivity index (χ0n) is 20.4. The zero-order chi connectivity index (χ0) is 25.0. The normalized spacial score (nSPS) is 14.2. The minimum Gasteiger partial charge on any atom is -0.494 e. The van der Waals surface area contributed by atoms with E-state index in [0.717, 1.165) is 0 Å². The number of rotatable bonds is 10. The van der Waals surface area contributed by atoms with Crippen LogP contribution in [0.5, 0.6) is 5.75 Å². The Bertz CT molecular complexity index is 960. The van der Waals surface area contributed by atoms with Crippen LogP contribution >= 0.6 is 0 Å². The first-order valence-corrected chi connectivity index (χ1v) is 11.7. The maximum absolute atomic E-state index is 12.4. The monoisotopic (exact) mass is 463 g/mol. The van der Waals surface area contributed by atoms with Crippen LogP contribution in [0.4, 0.5) is 0 Å². The molecule has 0 saturated heterocycles. The first-order valence-electron chi connectivity index (χ1n) is 11.7. The lowest BCUT2D eigenvalue weighted by Crippen LogP contribution is -2.46. The van der Waals surface area contributed by atoms with E-state index in [1.54, 1.807) is 50.2 Å². The van der Waals surface area contributed by atoms with E-state index in [2.05, 4.69) is 19.1 Å². The summed E-state index contributed by atoms with van der Waals surface area (Å²) in [5.41, 5.74) is 8.23. The Balaban J connectivity index is 0.000000497. The summed E-state index contributed by atoms with van der Waals surface area (Å²) < 4.78 is 5.75. The van der Waals surface area contributed by atoms with E-state index in [1.807, 2.05) is 36.4 Å². The van der Waals surface area contributed by atoms with Gasteiger partial charge >= 0.3 is 0 Å². The lowest BCUT2D eigenvalue weighted by molar-refractivity contribution is 0.0917. The number of carbonyl (C=O) groups excluding carboxylic acids is 1. The second-order valence-electron chi connectivity index (χ2n) is 8.94. The molecule has 3 aromatic carbocycles. The summed E-state index contributed by atoms with van der Waals surface area (Å²) in [6.45, 7) is 5.82. The quantitative estimate of drug-likeness (QED) is 0.371. The van der Waals surface area contributed by atoms with Gasteiger partial charge in [0, 0.05) is 16.7 Å². The van der Waals surface area contributed by atoms with Crippen molar-refractivity contribution >= 4 is 5.78 Å². The van der Waals surface area contributed by atoms with Crippen LogP contribution in [0.25, 0.3) is 0 Å². The van der Waals surface area contributed by atoms with Crippen molar-refractivity contribution in [3.8, 4) is 5.75 Å². The molecule has 3 rings (SSSR count). The van der Waals surface area contributed by atoms with Crippen LogP contribution in [0.3, 0.4) is 0 Å². The number of aliphatic hydroxyl groups excluding tert-OH is 2. The first-order chi connectivity index (χ1) is 16.2. The molecule has 0 aliphatic carbocycles. The molecule has 2 unspecified atom stereocenters. The Morgan fingerprint density at radius 1 is 0.824 bits per heavy atom. The second-order valence-corrected chi connectivity index (χ2v) is 8.94. The molecule has 34 heavy (non-hydrogen) atoms. The van der Waals surface area contributed by atoms with Gasteiger partial charge in [0.2, 0.25) is 0 Å². The highest BCUT2D eigenvalue weighted by molar-refractivity contribution is 6.08. The topological polar surface area (TPSA) is 92.8 Å². The van der Waals surface area contributed by atoms with E-state index in [-0.39, 0.29) is 5.78 Å². The molecule has 0 aliphatic rings. The molecular weight excluding hydrogens is 426 g/mol. The van der Waals surface area contributed by atoms with Gasteiger partial charge in [0.15, 0.2) is 5.78 Å². The molecule has 0 bridgehead atoms. The summed E-state index contributed by atoms with van der Waals surface area (Å²) >= 11 is 0. The molecule has 0 heterocycles. The molecule has 182 valence electrons. The number of benzene rings is 3. The molecule has 0 radical (unpaired) electrons. The maximum atomic E-state index is 12.4. The molecule has 0 amide bonds.